The number of carbonyl (C=O) groups excluding carboxylic acids is 2. The second-order valence-corrected chi connectivity index (χ2v) is 11.1. The van der Waals surface area contributed by atoms with Crippen molar-refractivity contribution in [3.05, 3.63) is 11.6 Å². The number of amides is 1. The molecule has 2 aliphatic rings. The average molecular weight is 418 g/mol. The van der Waals surface area contributed by atoms with Crippen LogP contribution in [0.1, 0.15) is 34.6 Å². The lowest BCUT2D eigenvalue weighted by atomic mass is 9.95. The molecule has 0 radical (unpaired) electrons. The van der Waals surface area contributed by atoms with Crippen LogP contribution >= 0.6 is 22.2 Å². The van der Waals surface area contributed by atoms with Gasteiger partial charge in [-0.1, -0.05) is 5.87 Å². The van der Waals surface area contributed by atoms with Gasteiger partial charge in [0, 0.05) is 4.75 Å². The van der Waals surface area contributed by atoms with E-state index in [2.05, 4.69) is 5.87 Å². The lowest BCUT2D eigenvalue weighted by Crippen LogP contribution is -2.58. The molecule has 0 aromatic rings. The number of fused-ring (bicyclic) bond motifs is 1. The average Bonchev–Trinajstić information content (AvgIpc) is 2.70. The van der Waals surface area contributed by atoms with E-state index in [1.165, 1.54) is 22.7 Å². The highest BCUT2D eigenvalue weighted by Gasteiger charge is 2.62. The Kier molecular flexibility index (Phi) is 7.10. The zero-order valence-corrected chi connectivity index (χ0v) is 18.1. The minimum atomic E-state index is -1.01. The largest absolute Gasteiger partial charge is 0.481 e. The fourth-order valence-electron chi connectivity index (χ4n) is 2.66. The van der Waals surface area contributed by atoms with Crippen molar-refractivity contribution in [1.29, 1.82) is 0 Å². The van der Waals surface area contributed by atoms with E-state index in [4.69, 9.17) is 5.11 Å². The second-order valence-electron chi connectivity index (χ2n) is 7.89. The molecule has 0 spiro atoms. The Balaban J connectivity index is 0.000000445. The Bertz CT molecular complexity index is 720. The lowest BCUT2D eigenvalue weighted by Gasteiger charge is -2.39. The van der Waals surface area contributed by atoms with Crippen LogP contribution in [0.3, 0.4) is 0 Å². The van der Waals surface area contributed by atoms with Crippen LogP contribution in [0.2, 0.25) is 0 Å². The predicted octanol–water partition coefficient (Wildman–Crippen LogP) is 2.08. The number of carbonyl (C=O) groups is 4. The molecule has 0 bridgehead atoms. The van der Waals surface area contributed by atoms with Crippen molar-refractivity contribution in [2.24, 2.45) is 5.41 Å². The Morgan fingerprint density at radius 3 is 2.15 bits per heavy atom. The molecule has 0 aromatic carbocycles. The first-order valence-corrected chi connectivity index (χ1v) is 11.1. The summed E-state index contributed by atoms with van der Waals surface area (Å²) in [6.07, 6.45) is 3.18. The number of carboxylic acids is 2. The van der Waals surface area contributed by atoms with Gasteiger partial charge >= 0.3 is 11.9 Å². The maximum atomic E-state index is 12.1. The number of thioether (sulfide) groups is 1. The van der Waals surface area contributed by atoms with E-state index in [9.17, 15) is 24.3 Å². The van der Waals surface area contributed by atoms with Gasteiger partial charge in [-0.2, -0.15) is 22.2 Å². The molecular weight excluding hydrogens is 390 g/mol. The molecule has 2 fully saturated rings. The van der Waals surface area contributed by atoms with Crippen molar-refractivity contribution in [2.45, 2.75) is 50.8 Å². The third kappa shape index (κ3) is 4.63. The normalized spacial score (nSPS) is 27.3. The van der Waals surface area contributed by atoms with Crippen LogP contribution in [0.4, 0.5) is 0 Å². The fourth-order valence-corrected chi connectivity index (χ4v) is 5.07. The zero-order chi connectivity index (χ0) is 21.3. The van der Waals surface area contributed by atoms with Gasteiger partial charge in [0.25, 0.3) is 5.91 Å². The molecular formula is C18H27NO6S2. The molecule has 1 amide bonds. The minimum absolute atomic E-state index is 0.117. The number of hydrogen-bond donors (Lipinski definition) is 2. The highest BCUT2D eigenvalue weighted by Crippen LogP contribution is 2.56. The minimum Gasteiger partial charge on any atom is -0.481 e. The summed E-state index contributed by atoms with van der Waals surface area (Å²) in [5.74, 6) is 2.15. The first-order valence-electron chi connectivity index (χ1n) is 8.23. The summed E-state index contributed by atoms with van der Waals surface area (Å²) in [6, 6.07) is -0.867. The number of β-lactam (4-membered cyclic amide) rings is 1. The summed E-state index contributed by atoms with van der Waals surface area (Å²) in [7, 11) is -0.546. The van der Waals surface area contributed by atoms with Crippen LogP contribution in [-0.4, -0.2) is 72.8 Å². The quantitative estimate of drug-likeness (QED) is 0.409. The van der Waals surface area contributed by atoms with Crippen LogP contribution in [0.5, 0.6) is 0 Å². The summed E-state index contributed by atoms with van der Waals surface area (Å²) >= 11 is 1.39. The third-order valence-corrected chi connectivity index (χ3v) is 7.53. The van der Waals surface area contributed by atoms with Gasteiger partial charge in [-0.05, 0) is 47.0 Å². The number of allylic oxidation sites excluding steroid dienone is 1. The molecule has 1 unspecified atom stereocenters. The van der Waals surface area contributed by atoms with E-state index >= 15 is 0 Å². The molecule has 9 heteroatoms. The molecule has 0 saturated carbocycles. The summed E-state index contributed by atoms with van der Waals surface area (Å²) in [5.41, 5.74) is -0.167. The first kappa shape index (κ1) is 23.4. The van der Waals surface area contributed by atoms with Gasteiger partial charge in [0.1, 0.15) is 11.4 Å². The Morgan fingerprint density at radius 1 is 1.30 bits per heavy atom. The SMILES string of the molecule is C=S1[C@@H]2C(=CC(=O)CSC)C(=O)N2[C@@H](C(=O)O)C1(C)C.CC(C)(C)C(=O)O. The Labute approximate surface area is 166 Å². The molecule has 2 rings (SSSR count). The third-order valence-electron chi connectivity index (χ3n) is 4.36. The number of ketones is 1. The van der Waals surface area contributed by atoms with Gasteiger partial charge in [-0.15, -0.1) is 0 Å². The monoisotopic (exact) mass is 417 g/mol. The smallest absolute Gasteiger partial charge is 0.327 e. The first-order chi connectivity index (χ1) is 12.2. The summed E-state index contributed by atoms with van der Waals surface area (Å²) in [4.78, 5) is 46.6. The second kappa shape index (κ2) is 8.18. The van der Waals surface area contributed by atoms with Crippen LogP contribution < -0.4 is 0 Å². The van der Waals surface area contributed by atoms with Crippen molar-refractivity contribution >= 4 is 51.7 Å². The molecule has 7 nitrogen and oxygen atoms in total. The van der Waals surface area contributed by atoms with E-state index in [-0.39, 0.29) is 17.1 Å². The van der Waals surface area contributed by atoms with Gasteiger partial charge in [0.2, 0.25) is 0 Å². The number of hydrogen-bond acceptors (Lipinski definition) is 5. The standard InChI is InChI=1S/C13H17NO4S2.C5H10O2/c1-13(2)9(12(17)18)14-10(16)8(11(14)20(13)4)5-7(15)6-19-3;1-5(2,3)4(6)7/h5,9,11H,4,6H2,1-3H3,(H,17,18);1-3H3,(H,6,7)/t9-,11+,20?;/m0./s1. The Hall–Kier alpha value is -1.61. The van der Waals surface area contributed by atoms with Gasteiger partial charge in [0.15, 0.2) is 5.78 Å². The van der Waals surface area contributed by atoms with Crippen LogP contribution in [0, 0.1) is 5.41 Å². The van der Waals surface area contributed by atoms with E-state index in [1.54, 1.807) is 20.8 Å². The van der Waals surface area contributed by atoms with Crippen LogP contribution in [-0.2, 0) is 19.2 Å². The molecule has 2 N–H and O–H groups in total. The van der Waals surface area contributed by atoms with Crippen molar-refractivity contribution in [1.82, 2.24) is 4.90 Å². The molecule has 152 valence electrons. The number of aliphatic carboxylic acids is 2. The highest BCUT2D eigenvalue weighted by molar-refractivity contribution is 8.16. The van der Waals surface area contributed by atoms with E-state index < -0.39 is 38.6 Å². The molecule has 0 aromatic heterocycles. The van der Waals surface area contributed by atoms with E-state index in [0.717, 1.165) is 0 Å². The molecule has 27 heavy (non-hydrogen) atoms. The summed E-state index contributed by atoms with van der Waals surface area (Å²) in [5, 5.41) is 17.3. The van der Waals surface area contributed by atoms with E-state index in [1.807, 2.05) is 20.1 Å². The maximum Gasteiger partial charge on any atom is 0.327 e. The van der Waals surface area contributed by atoms with E-state index in [0.29, 0.717) is 11.3 Å². The lowest BCUT2D eigenvalue weighted by molar-refractivity contribution is -0.152. The maximum absolute atomic E-state index is 12.1. The van der Waals surface area contributed by atoms with Crippen molar-refractivity contribution in [2.75, 3.05) is 12.0 Å². The van der Waals surface area contributed by atoms with Crippen molar-refractivity contribution < 1.29 is 29.4 Å². The van der Waals surface area contributed by atoms with Gasteiger partial charge < -0.3 is 15.1 Å². The van der Waals surface area contributed by atoms with Gasteiger partial charge in [0.05, 0.1) is 16.7 Å². The van der Waals surface area contributed by atoms with Gasteiger partial charge in [-0.3, -0.25) is 14.4 Å². The molecule has 0 aliphatic carbocycles. The summed E-state index contributed by atoms with van der Waals surface area (Å²) < 4.78 is -0.593. The van der Waals surface area contributed by atoms with Crippen LogP contribution in [0.25, 0.3) is 0 Å². The molecule has 2 aliphatic heterocycles. The number of carboxylic acid groups (broad SMARTS) is 2. The predicted molar refractivity (Wildman–Crippen MR) is 109 cm³/mol. The highest BCUT2D eigenvalue weighted by atomic mass is 32.2. The topological polar surface area (TPSA) is 112 Å². The number of rotatable bonds is 4. The zero-order valence-electron chi connectivity index (χ0n) is 16.4. The Morgan fingerprint density at radius 2 is 1.78 bits per heavy atom. The number of nitrogens with zero attached hydrogens (tertiary/aromatic N) is 1. The van der Waals surface area contributed by atoms with Crippen LogP contribution in [0.15, 0.2) is 11.6 Å². The van der Waals surface area contributed by atoms with Crippen molar-refractivity contribution in [3.8, 4) is 0 Å². The molecule has 3 atom stereocenters. The fraction of sp³-hybridized carbons (Fsp3) is 0.611. The van der Waals surface area contributed by atoms with Gasteiger partial charge in [-0.25, -0.2) is 4.79 Å². The molecule has 2 heterocycles. The molecule has 2 saturated heterocycles. The van der Waals surface area contributed by atoms with Crippen molar-refractivity contribution in [3.63, 3.8) is 0 Å². The summed E-state index contributed by atoms with van der Waals surface area (Å²) in [6.45, 7) is 8.61.